The van der Waals surface area contributed by atoms with Crippen molar-refractivity contribution in [2.75, 3.05) is 5.73 Å². The quantitative estimate of drug-likeness (QED) is 0.732. The van der Waals surface area contributed by atoms with Crippen molar-refractivity contribution in [3.63, 3.8) is 0 Å². The van der Waals surface area contributed by atoms with Crippen molar-refractivity contribution in [2.24, 2.45) is 0 Å². The topological polar surface area (TPSA) is 64.9 Å². The summed E-state index contributed by atoms with van der Waals surface area (Å²) in [6, 6.07) is 5.09. The van der Waals surface area contributed by atoms with E-state index in [-0.39, 0.29) is 0 Å². The standard InChI is InChI=1S/C9H8ClN3O/c1-5-2-3-6(14-5)9-12-7(10)4-8(11)13-9/h2-4H,1H3,(H2,11,12,13). The highest BCUT2D eigenvalue weighted by molar-refractivity contribution is 6.29. The Kier molecular flexibility index (Phi) is 2.13. The van der Waals surface area contributed by atoms with E-state index in [9.17, 15) is 0 Å². The fraction of sp³-hybridized carbons (Fsp3) is 0.111. The highest BCUT2D eigenvalue weighted by atomic mass is 35.5. The van der Waals surface area contributed by atoms with Crippen LogP contribution in [0.25, 0.3) is 11.6 Å². The van der Waals surface area contributed by atoms with E-state index in [0.29, 0.717) is 22.6 Å². The summed E-state index contributed by atoms with van der Waals surface area (Å²) in [6.45, 7) is 1.84. The Morgan fingerprint density at radius 1 is 1.36 bits per heavy atom. The Morgan fingerprint density at radius 3 is 2.71 bits per heavy atom. The molecule has 0 saturated heterocycles. The highest BCUT2D eigenvalue weighted by Crippen LogP contribution is 2.20. The molecule has 0 fully saturated rings. The molecule has 14 heavy (non-hydrogen) atoms. The van der Waals surface area contributed by atoms with Gasteiger partial charge in [0, 0.05) is 6.07 Å². The van der Waals surface area contributed by atoms with Crippen LogP contribution in [0.15, 0.2) is 22.6 Å². The predicted molar refractivity (Wildman–Crippen MR) is 53.9 cm³/mol. The number of aryl methyl sites for hydroxylation is 1. The second-order valence-electron chi connectivity index (χ2n) is 2.85. The zero-order chi connectivity index (χ0) is 10.1. The first kappa shape index (κ1) is 9.02. The summed E-state index contributed by atoms with van der Waals surface area (Å²) in [5.41, 5.74) is 5.53. The van der Waals surface area contributed by atoms with E-state index < -0.39 is 0 Å². The lowest BCUT2D eigenvalue weighted by atomic mass is 10.4. The summed E-state index contributed by atoms with van der Waals surface area (Å²) in [6.07, 6.45) is 0. The second-order valence-corrected chi connectivity index (χ2v) is 3.24. The number of aromatic nitrogens is 2. The number of nitrogens with two attached hydrogens (primary N) is 1. The zero-order valence-corrected chi connectivity index (χ0v) is 8.25. The SMILES string of the molecule is Cc1ccc(-c2nc(N)cc(Cl)n2)o1. The lowest BCUT2D eigenvalue weighted by molar-refractivity contribution is 0.544. The van der Waals surface area contributed by atoms with Crippen LogP contribution in [-0.2, 0) is 0 Å². The van der Waals surface area contributed by atoms with Crippen LogP contribution in [-0.4, -0.2) is 9.97 Å². The van der Waals surface area contributed by atoms with Gasteiger partial charge in [-0.1, -0.05) is 11.6 Å². The minimum atomic E-state index is 0.307. The van der Waals surface area contributed by atoms with Crippen molar-refractivity contribution in [1.82, 2.24) is 9.97 Å². The van der Waals surface area contributed by atoms with Gasteiger partial charge in [-0.2, -0.15) is 0 Å². The van der Waals surface area contributed by atoms with Crippen LogP contribution in [0.3, 0.4) is 0 Å². The van der Waals surface area contributed by atoms with E-state index in [4.69, 9.17) is 21.8 Å². The first-order valence-electron chi connectivity index (χ1n) is 4.02. The van der Waals surface area contributed by atoms with E-state index in [1.165, 1.54) is 6.07 Å². The van der Waals surface area contributed by atoms with Gasteiger partial charge in [-0.05, 0) is 19.1 Å². The van der Waals surface area contributed by atoms with Gasteiger partial charge in [-0.3, -0.25) is 0 Å². The molecule has 0 radical (unpaired) electrons. The molecule has 2 aromatic heterocycles. The summed E-state index contributed by atoms with van der Waals surface area (Å²) in [5, 5.41) is 0.307. The van der Waals surface area contributed by atoms with Gasteiger partial charge >= 0.3 is 0 Å². The Labute approximate surface area is 85.7 Å². The average molecular weight is 210 g/mol. The smallest absolute Gasteiger partial charge is 0.199 e. The van der Waals surface area contributed by atoms with Crippen molar-refractivity contribution in [2.45, 2.75) is 6.92 Å². The monoisotopic (exact) mass is 209 g/mol. The number of halogens is 1. The molecule has 0 unspecified atom stereocenters. The third-order valence-corrected chi connectivity index (χ3v) is 1.87. The van der Waals surface area contributed by atoms with Crippen LogP contribution >= 0.6 is 11.6 Å². The molecule has 0 atom stereocenters. The van der Waals surface area contributed by atoms with Gasteiger partial charge in [0.25, 0.3) is 0 Å². The molecule has 0 aliphatic carbocycles. The molecule has 5 heteroatoms. The number of anilines is 1. The maximum atomic E-state index is 5.73. The van der Waals surface area contributed by atoms with E-state index in [2.05, 4.69) is 9.97 Å². The maximum Gasteiger partial charge on any atom is 0.199 e. The van der Waals surface area contributed by atoms with Crippen molar-refractivity contribution in [3.8, 4) is 11.6 Å². The molecule has 72 valence electrons. The second kappa shape index (κ2) is 3.31. The first-order valence-corrected chi connectivity index (χ1v) is 4.40. The van der Waals surface area contributed by atoms with Crippen molar-refractivity contribution >= 4 is 17.4 Å². The first-order chi connectivity index (χ1) is 6.65. The van der Waals surface area contributed by atoms with Crippen molar-refractivity contribution in [1.29, 1.82) is 0 Å². The van der Waals surface area contributed by atoms with Crippen molar-refractivity contribution in [3.05, 3.63) is 29.1 Å². The van der Waals surface area contributed by atoms with E-state index >= 15 is 0 Å². The minimum Gasteiger partial charge on any atom is -0.458 e. The number of furan rings is 1. The molecule has 2 heterocycles. The lowest BCUT2D eigenvalue weighted by Gasteiger charge is -1.98. The molecule has 4 nitrogen and oxygen atoms in total. The molecule has 0 aromatic carbocycles. The van der Waals surface area contributed by atoms with E-state index in [1.54, 1.807) is 6.07 Å². The fourth-order valence-corrected chi connectivity index (χ4v) is 1.29. The largest absolute Gasteiger partial charge is 0.458 e. The van der Waals surface area contributed by atoms with Crippen LogP contribution in [0.2, 0.25) is 5.15 Å². The molecule has 2 N–H and O–H groups in total. The zero-order valence-electron chi connectivity index (χ0n) is 7.49. The van der Waals surface area contributed by atoms with Crippen LogP contribution in [0, 0.1) is 6.92 Å². The average Bonchev–Trinajstić information content (AvgIpc) is 2.50. The number of hydrogen-bond acceptors (Lipinski definition) is 4. The van der Waals surface area contributed by atoms with Gasteiger partial charge in [0.15, 0.2) is 11.6 Å². The third-order valence-electron chi connectivity index (χ3n) is 1.68. The van der Waals surface area contributed by atoms with Gasteiger partial charge in [0.05, 0.1) is 0 Å². The van der Waals surface area contributed by atoms with Crippen LogP contribution in [0.1, 0.15) is 5.76 Å². The van der Waals surface area contributed by atoms with Gasteiger partial charge < -0.3 is 10.2 Å². The summed E-state index contributed by atoms with van der Waals surface area (Å²) in [5.74, 6) is 2.09. The lowest BCUT2D eigenvalue weighted by Crippen LogP contribution is -1.94. The maximum absolute atomic E-state index is 5.73. The Balaban J connectivity index is 2.51. The van der Waals surface area contributed by atoms with Crippen LogP contribution in [0.4, 0.5) is 5.82 Å². The summed E-state index contributed by atoms with van der Waals surface area (Å²) in [4.78, 5) is 8.00. The molecular formula is C9H8ClN3O. The molecule has 0 aliphatic heterocycles. The predicted octanol–water partition coefficient (Wildman–Crippen LogP) is 2.28. The molecule has 0 bridgehead atoms. The number of hydrogen-bond donors (Lipinski definition) is 1. The highest BCUT2D eigenvalue weighted by Gasteiger charge is 2.07. The summed E-state index contributed by atoms with van der Waals surface area (Å²) in [7, 11) is 0. The van der Waals surface area contributed by atoms with Crippen molar-refractivity contribution < 1.29 is 4.42 Å². The molecule has 0 spiro atoms. The fourth-order valence-electron chi connectivity index (χ4n) is 1.10. The molecular weight excluding hydrogens is 202 g/mol. The summed E-state index contributed by atoms with van der Waals surface area (Å²) >= 11 is 5.73. The van der Waals surface area contributed by atoms with Gasteiger partial charge in [0.1, 0.15) is 16.7 Å². The minimum absolute atomic E-state index is 0.307. The third kappa shape index (κ3) is 1.70. The molecule has 2 aromatic rings. The summed E-state index contributed by atoms with van der Waals surface area (Å²) < 4.78 is 5.34. The Bertz CT molecular complexity index is 447. The Hall–Kier alpha value is -1.55. The number of rotatable bonds is 1. The van der Waals surface area contributed by atoms with Gasteiger partial charge in [-0.25, -0.2) is 9.97 Å². The van der Waals surface area contributed by atoms with Crippen LogP contribution in [0.5, 0.6) is 0 Å². The number of nitrogens with zero attached hydrogens (tertiary/aromatic N) is 2. The normalized spacial score (nSPS) is 10.4. The molecule has 0 amide bonds. The molecule has 2 rings (SSSR count). The molecule has 0 saturated carbocycles. The molecule has 0 aliphatic rings. The van der Waals surface area contributed by atoms with Gasteiger partial charge in [0.2, 0.25) is 0 Å². The van der Waals surface area contributed by atoms with Gasteiger partial charge in [-0.15, -0.1) is 0 Å². The van der Waals surface area contributed by atoms with Crippen LogP contribution < -0.4 is 5.73 Å². The van der Waals surface area contributed by atoms with E-state index in [0.717, 1.165) is 5.76 Å². The number of nitrogen functional groups attached to an aromatic ring is 1. The Morgan fingerprint density at radius 2 is 2.14 bits per heavy atom. The van der Waals surface area contributed by atoms with E-state index in [1.807, 2.05) is 13.0 Å².